The van der Waals surface area contributed by atoms with Gasteiger partial charge < -0.3 is 0 Å². The molecule has 0 radical (unpaired) electrons. The van der Waals surface area contributed by atoms with Crippen LogP contribution in [-0.4, -0.2) is 17.3 Å². The molecule has 4 heteroatoms. The maximum absolute atomic E-state index is 5.91. The molecule has 0 saturated carbocycles. The SMILES string of the molecule is ClCCN(Cc1ccc(Cl)cc1)Cc1ccc(Cl)cc1. The number of benzene rings is 2. The summed E-state index contributed by atoms with van der Waals surface area (Å²) < 4.78 is 0. The molecule has 0 saturated heterocycles. The van der Waals surface area contributed by atoms with Crippen molar-refractivity contribution in [3.8, 4) is 0 Å². The van der Waals surface area contributed by atoms with Gasteiger partial charge in [-0.2, -0.15) is 0 Å². The van der Waals surface area contributed by atoms with Gasteiger partial charge in [0.15, 0.2) is 0 Å². The van der Waals surface area contributed by atoms with E-state index in [1.54, 1.807) is 0 Å². The molecular weight excluding hydrogens is 313 g/mol. The minimum atomic E-state index is 0.612. The molecule has 1 nitrogen and oxygen atoms in total. The fraction of sp³-hybridized carbons (Fsp3) is 0.250. The predicted octanol–water partition coefficient (Wildman–Crippen LogP) is 5.23. The molecule has 0 spiro atoms. The zero-order chi connectivity index (χ0) is 14.4. The van der Waals surface area contributed by atoms with Crippen molar-refractivity contribution in [2.75, 3.05) is 12.4 Å². The van der Waals surface area contributed by atoms with Gasteiger partial charge in [-0.25, -0.2) is 0 Å². The van der Waals surface area contributed by atoms with E-state index < -0.39 is 0 Å². The molecule has 0 aliphatic carbocycles. The highest BCUT2D eigenvalue weighted by molar-refractivity contribution is 6.30. The van der Waals surface area contributed by atoms with Crippen LogP contribution in [0.2, 0.25) is 10.0 Å². The number of hydrogen-bond donors (Lipinski definition) is 0. The Hall–Kier alpha value is -0.730. The van der Waals surface area contributed by atoms with Crippen molar-refractivity contribution in [2.24, 2.45) is 0 Å². The highest BCUT2D eigenvalue weighted by Gasteiger charge is 2.07. The summed E-state index contributed by atoms with van der Waals surface area (Å²) in [6.07, 6.45) is 0. The minimum absolute atomic E-state index is 0.612. The first kappa shape index (κ1) is 15.7. The van der Waals surface area contributed by atoms with Crippen LogP contribution in [0.25, 0.3) is 0 Å². The van der Waals surface area contributed by atoms with Crippen molar-refractivity contribution >= 4 is 34.8 Å². The van der Waals surface area contributed by atoms with Crippen LogP contribution >= 0.6 is 34.8 Å². The number of hydrogen-bond acceptors (Lipinski definition) is 1. The topological polar surface area (TPSA) is 3.24 Å². The smallest absolute Gasteiger partial charge is 0.0406 e. The van der Waals surface area contributed by atoms with Crippen LogP contribution in [0.15, 0.2) is 48.5 Å². The second kappa shape index (κ2) is 7.90. The third kappa shape index (κ3) is 4.99. The van der Waals surface area contributed by atoms with Crippen molar-refractivity contribution in [1.29, 1.82) is 0 Å². The summed E-state index contributed by atoms with van der Waals surface area (Å²) >= 11 is 17.7. The van der Waals surface area contributed by atoms with Gasteiger partial charge in [0, 0.05) is 35.6 Å². The van der Waals surface area contributed by atoms with Gasteiger partial charge in [-0.1, -0.05) is 47.5 Å². The lowest BCUT2D eigenvalue weighted by molar-refractivity contribution is 0.273. The second-order valence-corrected chi connectivity index (χ2v) is 5.90. The van der Waals surface area contributed by atoms with Crippen LogP contribution in [0.4, 0.5) is 0 Å². The highest BCUT2D eigenvalue weighted by Crippen LogP contribution is 2.15. The summed E-state index contributed by atoms with van der Waals surface area (Å²) in [5.74, 6) is 0.612. The van der Waals surface area contributed by atoms with Crippen molar-refractivity contribution in [2.45, 2.75) is 13.1 Å². The third-order valence-electron chi connectivity index (χ3n) is 3.04. The maximum Gasteiger partial charge on any atom is 0.0406 e. The summed E-state index contributed by atoms with van der Waals surface area (Å²) in [5.41, 5.74) is 2.46. The maximum atomic E-state index is 5.91. The fourth-order valence-corrected chi connectivity index (χ4v) is 2.52. The molecule has 0 aliphatic rings. The quantitative estimate of drug-likeness (QED) is 0.656. The average molecular weight is 329 g/mol. The van der Waals surface area contributed by atoms with E-state index in [1.165, 1.54) is 11.1 Å². The van der Waals surface area contributed by atoms with E-state index in [2.05, 4.69) is 4.90 Å². The monoisotopic (exact) mass is 327 g/mol. The molecule has 2 aromatic carbocycles. The molecule has 0 bridgehead atoms. The lowest BCUT2D eigenvalue weighted by Crippen LogP contribution is -2.24. The molecule has 2 aromatic rings. The van der Waals surface area contributed by atoms with Gasteiger partial charge in [-0.05, 0) is 35.4 Å². The molecule has 0 amide bonds. The molecule has 0 aliphatic heterocycles. The zero-order valence-corrected chi connectivity index (χ0v) is 13.3. The standard InChI is InChI=1S/C16H16Cl3N/c17-9-10-20(11-13-1-5-15(18)6-2-13)12-14-3-7-16(19)8-4-14/h1-8H,9-12H2. The van der Waals surface area contributed by atoms with Crippen LogP contribution in [0.5, 0.6) is 0 Å². The van der Waals surface area contributed by atoms with Crippen LogP contribution in [0, 0.1) is 0 Å². The van der Waals surface area contributed by atoms with Gasteiger partial charge >= 0.3 is 0 Å². The van der Waals surface area contributed by atoms with Gasteiger partial charge in [-0.15, -0.1) is 11.6 Å². The Bertz CT molecular complexity index is 475. The number of nitrogens with zero attached hydrogens (tertiary/aromatic N) is 1. The van der Waals surface area contributed by atoms with Gasteiger partial charge in [0.2, 0.25) is 0 Å². The van der Waals surface area contributed by atoms with Gasteiger partial charge in [0.1, 0.15) is 0 Å². The number of rotatable bonds is 6. The van der Waals surface area contributed by atoms with E-state index in [0.29, 0.717) is 5.88 Å². The first-order chi connectivity index (χ1) is 9.67. The van der Waals surface area contributed by atoms with Gasteiger partial charge in [0.05, 0.1) is 0 Å². The van der Waals surface area contributed by atoms with Gasteiger partial charge in [0.25, 0.3) is 0 Å². The van der Waals surface area contributed by atoms with Crippen LogP contribution in [0.3, 0.4) is 0 Å². The van der Waals surface area contributed by atoms with Crippen LogP contribution in [-0.2, 0) is 13.1 Å². The molecule has 0 unspecified atom stereocenters. The summed E-state index contributed by atoms with van der Waals surface area (Å²) in [4.78, 5) is 2.31. The Balaban J connectivity index is 2.02. The summed E-state index contributed by atoms with van der Waals surface area (Å²) in [6.45, 7) is 2.55. The Kier molecular flexibility index (Phi) is 6.18. The first-order valence-corrected chi connectivity index (χ1v) is 7.73. The Labute approximate surface area is 135 Å². The van der Waals surface area contributed by atoms with Crippen molar-refractivity contribution in [3.05, 3.63) is 69.7 Å². The normalized spacial score (nSPS) is 11.0. The van der Waals surface area contributed by atoms with Crippen LogP contribution < -0.4 is 0 Å². The van der Waals surface area contributed by atoms with Crippen LogP contribution in [0.1, 0.15) is 11.1 Å². The van der Waals surface area contributed by atoms with E-state index in [-0.39, 0.29) is 0 Å². The van der Waals surface area contributed by atoms with E-state index in [4.69, 9.17) is 34.8 Å². The zero-order valence-electron chi connectivity index (χ0n) is 11.0. The van der Waals surface area contributed by atoms with Crippen molar-refractivity contribution in [3.63, 3.8) is 0 Å². The number of halogens is 3. The van der Waals surface area contributed by atoms with E-state index in [9.17, 15) is 0 Å². The predicted molar refractivity (Wildman–Crippen MR) is 87.7 cm³/mol. The fourth-order valence-electron chi connectivity index (χ4n) is 2.03. The Morgan fingerprint density at radius 3 is 1.45 bits per heavy atom. The largest absolute Gasteiger partial charge is 0.294 e. The lowest BCUT2D eigenvalue weighted by atomic mass is 10.1. The summed E-state index contributed by atoms with van der Waals surface area (Å²) in [6, 6.07) is 15.8. The van der Waals surface area contributed by atoms with E-state index in [1.807, 2.05) is 48.5 Å². The summed E-state index contributed by atoms with van der Waals surface area (Å²) in [5, 5.41) is 1.52. The average Bonchev–Trinajstić information content (AvgIpc) is 2.44. The summed E-state index contributed by atoms with van der Waals surface area (Å²) in [7, 11) is 0. The third-order valence-corrected chi connectivity index (χ3v) is 3.71. The van der Waals surface area contributed by atoms with Crippen molar-refractivity contribution in [1.82, 2.24) is 4.90 Å². The molecular formula is C16H16Cl3N. The second-order valence-electron chi connectivity index (χ2n) is 4.65. The Morgan fingerprint density at radius 1 is 0.700 bits per heavy atom. The van der Waals surface area contributed by atoms with Gasteiger partial charge in [-0.3, -0.25) is 4.90 Å². The lowest BCUT2D eigenvalue weighted by Gasteiger charge is -2.21. The van der Waals surface area contributed by atoms with E-state index >= 15 is 0 Å². The molecule has 0 atom stereocenters. The molecule has 0 heterocycles. The van der Waals surface area contributed by atoms with Crippen molar-refractivity contribution < 1.29 is 0 Å². The molecule has 0 aromatic heterocycles. The molecule has 20 heavy (non-hydrogen) atoms. The molecule has 2 rings (SSSR count). The Morgan fingerprint density at radius 2 is 1.10 bits per heavy atom. The number of alkyl halides is 1. The minimum Gasteiger partial charge on any atom is -0.294 e. The molecule has 106 valence electrons. The molecule has 0 fully saturated rings. The molecule has 0 N–H and O–H groups in total. The first-order valence-electron chi connectivity index (χ1n) is 6.44. The van der Waals surface area contributed by atoms with E-state index in [0.717, 1.165) is 29.7 Å². The highest BCUT2D eigenvalue weighted by atomic mass is 35.5.